The highest BCUT2D eigenvalue weighted by Crippen LogP contribution is 2.18. The lowest BCUT2D eigenvalue weighted by molar-refractivity contribution is 0.102. The summed E-state index contributed by atoms with van der Waals surface area (Å²) in [6, 6.07) is 6.28. The third-order valence-corrected chi connectivity index (χ3v) is 3.68. The highest BCUT2D eigenvalue weighted by molar-refractivity contribution is 7.13. The van der Waals surface area contributed by atoms with Crippen molar-refractivity contribution in [1.29, 1.82) is 0 Å². The van der Waals surface area contributed by atoms with Crippen LogP contribution in [0.15, 0.2) is 42.0 Å². The van der Waals surface area contributed by atoms with Crippen molar-refractivity contribution in [1.82, 2.24) is 14.8 Å². The molecule has 0 aliphatic carbocycles. The van der Waals surface area contributed by atoms with Crippen LogP contribution in [0.1, 0.15) is 16.1 Å². The molecule has 7 heteroatoms. The quantitative estimate of drug-likeness (QED) is 0.809. The fraction of sp³-hybridized carbons (Fsp3) is 0.0714. The molecule has 3 aromatic rings. The number of anilines is 1. The van der Waals surface area contributed by atoms with Crippen LogP contribution in [0.2, 0.25) is 0 Å². The van der Waals surface area contributed by atoms with Gasteiger partial charge in [-0.25, -0.2) is 14.1 Å². The number of para-hydroxylation sites is 1. The summed E-state index contributed by atoms with van der Waals surface area (Å²) >= 11 is 1.33. The number of amides is 1. The number of thiazole rings is 1. The number of nitrogens with zero attached hydrogens (tertiary/aromatic N) is 3. The first-order valence-corrected chi connectivity index (χ1v) is 7.05. The van der Waals surface area contributed by atoms with E-state index in [4.69, 9.17) is 0 Å². The molecule has 0 atom stereocenters. The lowest BCUT2D eigenvalue weighted by Crippen LogP contribution is -2.13. The van der Waals surface area contributed by atoms with Crippen LogP contribution < -0.4 is 5.32 Å². The Labute approximate surface area is 124 Å². The van der Waals surface area contributed by atoms with Crippen molar-refractivity contribution in [2.45, 2.75) is 6.92 Å². The van der Waals surface area contributed by atoms with E-state index in [2.05, 4.69) is 15.4 Å². The van der Waals surface area contributed by atoms with Gasteiger partial charge < -0.3 is 0 Å². The Hall–Kier alpha value is -2.54. The second-order valence-corrected chi connectivity index (χ2v) is 5.19. The van der Waals surface area contributed by atoms with Crippen LogP contribution in [-0.4, -0.2) is 20.7 Å². The number of halogens is 1. The van der Waals surface area contributed by atoms with E-state index >= 15 is 0 Å². The number of hydrogen-bond donors (Lipinski definition) is 1. The molecule has 2 aromatic heterocycles. The topological polar surface area (TPSA) is 59.8 Å². The minimum atomic E-state index is -0.393. The van der Waals surface area contributed by atoms with Gasteiger partial charge in [-0.05, 0) is 19.1 Å². The van der Waals surface area contributed by atoms with Crippen molar-refractivity contribution in [3.63, 3.8) is 0 Å². The fourth-order valence-corrected chi connectivity index (χ4v) is 2.47. The van der Waals surface area contributed by atoms with Gasteiger partial charge in [0.15, 0.2) is 5.13 Å². The number of aromatic nitrogens is 3. The predicted octanol–water partition coefficient (Wildman–Crippen LogP) is 3.03. The minimum Gasteiger partial charge on any atom is -0.298 e. The van der Waals surface area contributed by atoms with E-state index in [1.54, 1.807) is 36.7 Å². The molecule has 3 rings (SSSR count). The summed E-state index contributed by atoms with van der Waals surface area (Å²) in [5, 5.41) is 9.06. The van der Waals surface area contributed by atoms with Gasteiger partial charge in [-0.3, -0.25) is 10.1 Å². The Kier molecular flexibility index (Phi) is 3.49. The second kappa shape index (κ2) is 5.45. The maximum Gasteiger partial charge on any atom is 0.260 e. The van der Waals surface area contributed by atoms with Crippen molar-refractivity contribution in [3.8, 4) is 5.69 Å². The van der Waals surface area contributed by atoms with Gasteiger partial charge >= 0.3 is 0 Å². The number of hydrogen-bond acceptors (Lipinski definition) is 4. The Morgan fingerprint density at radius 1 is 1.38 bits per heavy atom. The summed E-state index contributed by atoms with van der Waals surface area (Å²) in [5.41, 5.74) is 1.26. The maximum atomic E-state index is 13.8. The average molecular weight is 302 g/mol. The summed E-state index contributed by atoms with van der Waals surface area (Å²) in [4.78, 5) is 16.2. The lowest BCUT2D eigenvalue weighted by Gasteiger charge is -2.06. The van der Waals surface area contributed by atoms with Gasteiger partial charge in [0.05, 0.1) is 17.5 Å². The molecule has 0 spiro atoms. The Bertz CT molecular complexity index is 782. The molecule has 21 heavy (non-hydrogen) atoms. The van der Waals surface area contributed by atoms with Crippen molar-refractivity contribution in [2.24, 2.45) is 0 Å². The summed E-state index contributed by atoms with van der Waals surface area (Å²) in [5.74, 6) is -0.708. The molecule has 0 fully saturated rings. The van der Waals surface area contributed by atoms with Gasteiger partial charge in [0, 0.05) is 11.6 Å². The van der Waals surface area contributed by atoms with E-state index in [1.165, 1.54) is 28.3 Å². The van der Waals surface area contributed by atoms with E-state index in [0.29, 0.717) is 22.1 Å². The van der Waals surface area contributed by atoms with Gasteiger partial charge in [0.2, 0.25) is 0 Å². The zero-order chi connectivity index (χ0) is 14.8. The molecule has 0 radical (unpaired) electrons. The predicted molar refractivity (Wildman–Crippen MR) is 78.3 cm³/mol. The zero-order valence-corrected chi connectivity index (χ0v) is 11.9. The molecule has 1 amide bonds. The van der Waals surface area contributed by atoms with Gasteiger partial charge in [0.1, 0.15) is 11.5 Å². The first kappa shape index (κ1) is 13.4. The molecule has 0 aliphatic heterocycles. The van der Waals surface area contributed by atoms with E-state index < -0.39 is 5.82 Å². The Morgan fingerprint density at radius 2 is 2.19 bits per heavy atom. The first-order valence-electron chi connectivity index (χ1n) is 6.17. The summed E-state index contributed by atoms with van der Waals surface area (Å²) in [6.07, 6.45) is 3.03. The standard InChI is InChI=1S/C14H11FN4OS/c1-9-10(13(20)18-14-16-6-7-21-14)8-17-19(9)12-5-3-2-4-11(12)15/h2-8H,1H3,(H,16,18,20). The largest absolute Gasteiger partial charge is 0.298 e. The van der Waals surface area contributed by atoms with E-state index in [0.717, 1.165) is 0 Å². The first-order chi connectivity index (χ1) is 10.2. The van der Waals surface area contributed by atoms with E-state index in [9.17, 15) is 9.18 Å². The SMILES string of the molecule is Cc1c(C(=O)Nc2nccs2)cnn1-c1ccccc1F. The highest BCUT2D eigenvalue weighted by Gasteiger charge is 2.17. The number of carbonyl (C=O) groups excluding carboxylic acids is 1. The smallest absolute Gasteiger partial charge is 0.260 e. The molecule has 0 saturated carbocycles. The summed E-state index contributed by atoms with van der Waals surface area (Å²) < 4.78 is 15.2. The molecule has 106 valence electrons. The van der Waals surface area contributed by atoms with Crippen LogP contribution >= 0.6 is 11.3 Å². The molecule has 0 aliphatic rings. The van der Waals surface area contributed by atoms with Crippen LogP contribution in [-0.2, 0) is 0 Å². The Morgan fingerprint density at radius 3 is 2.90 bits per heavy atom. The maximum absolute atomic E-state index is 13.8. The third-order valence-electron chi connectivity index (χ3n) is 2.99. The Balaban J connectivity index is 1.93. The van der Waals surface area contributed by atoms with Crippen LogP contribution in [0.25, 0.3) is 5.69 Å². The molecule has 5 nitrogen and oxygen atoms in total. The molecule has 1 N–H and O–H groups in total. The summed E-state index contributed by atoms with van der Waals surface area (Å²) in [6.45, 7) is 1.72. The van der Waals surface area contributed by atoms with E-state index in [-0.39, 0.29) is 5.91 Å². The van der Waals surface area contributed by atoms with Crippen molar-refractivity contribution in [3.05, 3.63) is 59.1 Å². The molecule has 1 aromatic carbocycles. The molecule has 0 bridgehead atoms. The monoisotopic (exact) mass is 302 g/mol. The lowest BCUT2D eigenvalue weighted by atomic mass is 10.2. The van der Waals surface area contributed by atoms with Gasteiger partial charge in [-0.15, -0.1) is 11.3 Å². The number of carbonyl (C=O) groups is 1. The van der Waals surface area contributed by atoms with Gasteiger partial charge in [-0.2, -0.15) is 5.10 Å². The minimum absolute atomic E-state index is 0.309. The van der Waals surface area contributed by atoms with Crippen LogP contribution in [0, 0.1) is 12.7 Å². The normalized spacial score (nSPS) is 10.6. The molecule has 2 heterocycles. The number of benzene rings is 1. The van der Waals surface area contributed by atoms with Crippen LogP contribution in [0.4, 0.5) is 9.52 Å². The van der Waals surface area contributed by atoms with Crippen molar-refractivity contribution >= 4 is 22.4 Å². The highest BCUT2D eigenvalue weighted by atomic mass is 32.1. The third kappa shape index (κ3) is 2.55. The van der Waals surface area contributed by atoms with E-state index in [1.807, 2.05) is 0 Å². The van der Waals surface area contributed by atoms with Crippen molar-refractivity contribution < 1.29 is 9.18 Å². The van der Waals surface area contributed by atoms with Crippen molar-refractivity contribution in [2.75, 3.05) is 5.32 Å². The summed E-state index contributed by atoms with van der Waals surface area (Å²) in [7, 11) is 0. The molecular formula is C14H11FN4OS. The van der Waals surface area contributed by atoms with Gasteiger partial charge in [0.25, 0.3) is 5.91 Å². The average Bonchev–Trinajstić information content (AvgIpc) is 3.09. The van der Waals surface area contributed by atoms with Crippen LogP contribution in [0.3, 0.4) is 0 Å². The number of nitrogens with one attached hydrogen (secondary N) is 1. The van der Waals surface area contributed by atoms with Crippen LogP contribution in [0.5, 0.6) is 0 Å². The van der Waals surface area contributed by atoms with Gasteiger partial charge in [-0.1, -0.05) is 12.1 Å². The second-order valence-electron chi connectivity index (χ2n) is 4.30. The molecule has 0 unspecified atom stereocenters. The molecular weight excluding hydrogens is 291 g/mol. The fourth-order valence-electron chi connectivity index (χ4n) is 1.95. The molecule has 0 saturated heterocycles. The zero-order valence-electron chi connectivity index (χ0n) is 11.1. The number of rotatable bonds is 3.